The van der Waals surface area contributed by atoms with E-state index in [1.165, 1.54) is 0 Å². The Hall–Kier alpha value is -4.22. The number of hydrogen-bond acceptors (Lipinski definition) is 6. The van der Waals surface area contributed by atoms with E-state index in [9.17, 15) is 13.2 Å². The van der Waals surface area contributed by atoms with E-state index < -0.39 is 11.7 Å². The molecule has 2 aliphatic rings. The van der Waals surface area contributed by atoms with Crippen LogP contribution in [0.25, 0.3) is 38.8 Å². The Labute approximate surface area is 253 Å². The number of nitrogens with zero attached hydrogens (tertiary/aromatic N) is 4. The van der Waals surface area contributed by atoms with E-state index in [-0.39, 0.29) is 11.6 Å². The zero-order chi connectivity index (χ0) is 30.8. The third-order valence-electron chi connectivity index (χ3n) is 8.46. The third kappa shape index (κ3) is 5.69. The van der Waals surface area contributed by atoms with Crippen LogP contribution in [0, 0.1) is 0 Å². The number of imidazole rings is 1. The van der Waals surface area contributed by atoms with Gasteiger partial charge in [-0.15, -0.1) is 0 Å². The summed E-state index contributed by atoms with van der Waals surface area (Å²) in [5, 5.41) is 11.3. The zero-order valence-corrected chi connectivity index (χ0v) is 24.9. The number of alkyl halides is 3. The van der Waals surface area contributed by atoms with E-state index in [0.717, 1.165) is 59.4 Å². The Morgan fingerprint density at radius 1 is 1.14 bits per heavy atom. The average Bonchev–Trinajstić information content (AvgIpc) is 3.76. The summed E-state index contributed by atoms with van der Waals surface area (Å²) in [7, 11) is 0. The summed E-state index contributed by atoms with van der Waals surface area (Å²) >= 11 is 0. The molecule has 2 aromatic carbocycles. The van der Waals surface area contributed by atoms with Crippen molar-refractivity contribution in [1.29, 1.82) is 0 Å². The smallest absolute Gasteiger partial charge is 0.379 e. The van der Waals surface area contributed by atoms with E-state index in [2.05, 4.69) is 37.0 Å². The highest BCUT2D eigenvalue weighted by Gasteiger charge is 2.37. The number of morpholine rings is 1. The van der Waals surface area contributed by atoms with Crippen LogP contribution in [0.5, 0.6) is 0 Å². The molecule has 3 N–H and O–H groups in total. The minimum atomic E-state index is -4.57. The molecule has 1 aliphatic carbocycles. The number of hydrogen-bond donors (Lipinski definition) is 3. The van der Waals surface area contributed by atoms with Gasteiger partial charge < -0.3 is 15.0 Å². The topological polar surface area (TPSA) is 94.8 Å². The van der Waals surface area contributed by atoms with Crippen molar-refractivity contribution >= 4 is 27.5 Å². The van der Waals surface area contributed by atoms with Crippen molar-refractivity contribution in [2.24, 2.45) is 0 Å². The number of ether oxygens (including phenoxy) is 1. The van der Waals surface area contributed by atoms with E-state index in [1.807, 2.05) is 38.1 Å². The molecule has 1 saturated heterocycles. The number of aromatic amines is 2. The minimum Gasteiger partial charge on any atom is -0.379 e. The Kier molecular flexibility index (Phi) is 8.42. The molecule has 3 aromatic heterocycles. The predicted molar refractivity (Wildman–Crippen MR) is 166 cm³/mol. The SMILES string of the molecule is C=C(NCc1ncc[nH]1)c1ccc(-c2nc3c(C(F)(F)F)cc4[nH]ncc4c3c3c2CC(N2CCOCC2)CC3)cc1.CC. The molecule has 0 bridgehead atoms. The fourth-order valence-corrected chi connectivity index (χ4v) is 6.34. The normalized spacial score (nSPS) is 17.2. The van der Waals surface area contributed by atoms with Crippen LogP contribution in [-0.4, -0.2) is 62.4 Å². The van der Waals surface area contributed by atoms with E-state index in [1.54, 1.807) is 18.6 Å². The predicted octanol–water partition coefficient (Wildman–Crippen LogP) is 6.50. The van der Waals surface area contributed by atoms with Crippen LogP contribution < -0.4 is 5.32 Å². The molecule has 0 spiro atoms. The lowest BCUT2D eigenvalue weighted by atomic mass is 9.82. The van der Waals surface area contributed by atoms with Crippen LogP contribution >= 0.6 is 0 Å². The second-order valence-electron chi connectivity index (χ2n) is 10.9. The van der Waals surface area contributed by atoms with Crippen molar-refractivity contribution in [3.8, 4) is 11.3 Å². The standard InChI is InChI=1S/C31H30F3N7O.C2H6/c1-18(37-17-27-35-8-9-36-27)19-2-4-20(5-3-19)29-23-14-21(41-10-12-42-13-11-41)6-7-22(23)28-24-16-38-40-26(24)15-25(30(28)39-29)31(32,33)34;1-2/h2-5,8-9,15-16,21,37H,1,6-7,10-14,17H2,(H,35,36)(H,38,40);1-2H3. The third-order valence-corrected chi connectivity index (χ3v) is 8.46. The van der Waals surface area contributed by atoms with Crippen molar-refractivity contribution in [3.05, 3.63) is 83.6 Å². The van der Waals surface area contributed by atoms with E-state index in [4.69, 9.17) is 9.72 Å². The van der Waals surface area contributed by atoms with Gasteiger partial charge in [-0.25, -0.2) is 9.97 Å². The first-order valence-corrected chi connectivity index (χ1v) is 15.1. The van der Waals surface area contributed by atoms with Gasteiger partial charge in [-0.3, -0.25) is 10.00 Å². The van der Waals surface area contributed by atoms with Gasteiger partial charge in [0.2, 0.25) is 0 Å². The molecule has 5 aromatic rings. The number of aromatic nitrogens is 5. The Bertz CT molecular complexity index is 1750. The molecule has 1 unspecified atom stereocenters. The van der Waals surface area contributed by atoms with E-state index >= 15 is 0 Å². The van der Waals surface area contributed by atoms with Crippen LogP contribution in [0.4, 0.5) is 13.2 Å². The van der Waals surface area contributed by atoms with Gasteiger partial charge in [-0.2, -0.15) is 18.3 Å². The number of H-pyrrole nitrogens is 2. The quantitative estimate of drug-likeness (QED) is 0.205. The van der Waals surface area contributed by atoms with Gasteiger partial charge in [0, 0.05) is 53.6 Å². The van der Waals surface area contributed by atoms with Gasteiger partial charge in [0.25, 0.3) is 0 Å². The maximum atomic E-state index is 14.4. The summed E-state index contributed by atoms with van der Waals surface area (Å²) < 4.78 is 48.8. The average molecular weight is 604 g/mol. The van der Waals surface area contributed by atoms with Crippen molar-refractivity contribution < 1.29 is 17.9 Å². The summed E-state index contributed by atoms with van der Waals surface area (Å²) in [6.07, 6.45) is 2.74. The minimum absolute atomic E-state index is 0.0245. The van der Waals surface area contributed by atoms with Gasteiger partial charge in [0.05, 0.1) is 48.2 Å². The number of pyridine rings is 1. The summed E-state index contributed by atoms with van der Waals surface area (Å²) in [5.41, 5.74) is 4.52. The number of aryl methyl sites for hydroxylation is 1. The molecular formula is C33H36F3N7O. The van der Waals surface area contributed by atoms with Crippen LogP contribution in [0.2, 0.25) is 0 Å². The largest absolute Gasteiger partial charge is 0.418 e. The van der Waals surface area contributed by atoms with Crippen molar-refractivity contribution in [1.82, 2.24) is 35.4 Å². The number of benzene rings is 2. The molecule has 0 amide bonds. The number of fused-ring (bicyclic) bond motifs is 5. The molecule has 230 valence electrons. The summed E-state index contributed by atoms with van der Waals surface area (Å²) in [6, 6.07) is 9.10. The number of halogens is 3. The molecule has 0 saturated carbocycles. The molecule has 8 nitrogen and oxygen atoms in total. The second-order valence-corrected chi connectivity index (χ2v) is 10.9. The van der Waals surface area contributed by atoms with Gasteiger partial charge in [0.15, 0.2) is 0 Å². The molecule has 0 radical (unpaired) electrons. The summed E-state index contributed by atoms with van der Waals surface area (Å²) in [5.74, 6) is 0.793. The first-order valence-electron chi connectivity index (χ1n) is 15.1. The monoisotopic (exact) mass is 603 g/mol. The lowest BCUT2D eigenvalue weighted by molar-refractivity contribution is -0.136. The molecule has 7 rings (SSSR count). The second kappa shape index (κ2) is 12.4. The summed E-state index contributed by atoms with van der Waals surface area (Å²) in [6.45, 7) is 11.7. The molecular weight excluding hydrogens is 567 g/mol. The highest BCUT2D eigenvalue weighted by atomic mass is 19.4. The fourth-order valence-electron chi connectivity index (χ4n) is 6.34. The van der Waals surface area contributed by atoms with Crippen molar-refractivity contribution in [2.75, 3.05) is 26.3 Å². The molecule has 4 heterocycles. The Balaban J connectivity index is 0.00000168. The molecule has 44 heavy (non-hydrogen) atoms. The number of nitrogens with one attached hydrogen (secondary N) is 3. The highest BCUT2D eigenvalue weighted by molar-refractivity contribution is 6.09. The Morgan fingerprint density at radius 3 is 2.61 bits per heavy atom. The van der Waals surface area contributed by atoms with Crippen LogP contribution in [0.15, 0.2) is 55.5 Å². The van der Waals surface area contributed by atoms with Gasteiger partial charge in [-0.1, -0.05) is 44.7 Å². The van der Waals surface area contributed by atoms with Crippen LogP contribution in [-0.2, 0) is 30.3 Å². The maximum Gasteiger partial charge on any atom is 0.418 e. The first kappa shape index (κ1) is 29.8. The molecule has 11 heteroatoms. The van der Waals surface area contributed by atoms with Gasteiger partial charge >= 0.3 is 6.18 Å². The van der Waals surface area contributed by atoms with E-state index in [0.29, 0.717) is 54.6 Å². The van der Waals surface area contributed by atoms with Gasteiger partial charge in [-0.05, 0) is 42.0 Å². The lowest BCUT2D eigenvalue weighted by Crippen LogP contribution is -2.46. The van der Waals surface area contributed by atoms with Crippen molar-refractivity contribution in [2.45, 2.75) is 51.9 Å². The first-order chi connectivity index (χ1) is 21.4. The fraction of sp³-hybridized carbons (Fsp3) is 0.364. The van der Waals surface area contributed by atoms with Crippen LogP contribution in [0.3, 0.4) is 0 Å². The van der Waals surface area contributed by atoms with Crippen LogP contribution in [0.1, 0.15) is 48.3 Å². The highest BCUT2D eigenvalue weighted by Crippen LogP contribution is 2.43. The summed E-state index contributed by atoms with van der Waals surface area (Å²) in [4.78, 5) is 14.5. The molecule has 1 aliphatic heterocycles. The number of rotatable bonds is 6. The Morgan fingerprint density at radius 2 is 1.91 bits per heavy atom. The van der Waals surface area contributed by atoms with Gasteiger partial charge in [0.1, 0.15) is 5.82 Å². The molecule has 1 fully saturated rings. The lowest BCUT2D eigenvalue weighted by Gasteiger charge is -2.38. The maximum absolute atomic E-state index is 14.4. The molecule has 1 atom stereocenters. The zero-order valence-electron chi connectivity index (χ0n) is 24.9. The van der Waals surface area contributed by atoms with Crippen molar-refractivity contribution in [3.63, 3.8) is 0 Å².